The predicted octanol–water partition coefficient (Wildman–Crippen LogP) is 5.43. The summed E-state index contributed by atoms with van der Waals surface area (Å²) in [6, 6.07) is 9.68. The van der Waals surface area contributed by atoms with Crippen molar-refractivity contribution in [3.63, 3.8) is 0 Å². The van der Waals surface area contributed by atoms with E-state index >= 15 is 0 Å². The normalized spacial score (nSPS) is 11.1. The molecule has 7 heteroatoms. The van der Waals surface area contributed by atoms with Crippen LogP contribution in [0.25, 0.3) is 16.3 Å². The number of ether oxygens (including phenoxy) is 2. The molecule has 2 aromatic carbocycles. The van der Waals surface area contributed by atoms with Gasteiger partial charge in [0.05, 0.1) is 28.4 Å². The quantitative estimate of drug-likeness (QED) is 0.513. The molecule has 3 aromatic rings. The Hall–Kier alpha value is -2.38. The van der Waals surface area contributed by atoms with Crippen LogP contribution in [0.15, 0.2) is 40.9 Å². The van der Waals surface area contributed by atoms with Crippen LogP contribution in [-0.4, -0.2) is 24.6 Å². The molecule has 0 fully saturated rings. The van der Waals surface area contributed by atoms with Crippen LogP contribution in [-0.2, 0) is 4.79 Å². The number of carbonyl (C=O) groups is 1. The zero-order chi connectivity index (χ0) is 19.4. The first-order chi connectivity index (χ1) is 13.0. The monoisotopic (exact) mass is 446 g/mol. The SMILES string of the molecule is CCOc1c(Br)cc(/C=C/C(=O)Nc2nc3c(C)cccc3s2)cc1OC. The molecule has 0 aliphatic heterocycles. The summed E-state index contributed by atoms with van der Waals surface area (Å²) in [6.45, 7) is 4.45. The molecule has 5 nitrogen and oxygen atoms in total. The predicted molar refractivity (Wildman–Crippen MR) is 114 cm³/mol. The first-order valence-corrected chi connectivity index (χ1v) is 9.98. The van der Waals surface area contributed by atoms with Crippen molar-refractivity contribution in [2.75, 3.05) is 19.0 Å². The number of carbonyl (C=O) groups excluding carboxylic acids is 1. The zero-order valence-corrected chi connectivity index (χ0v) is 17.6. The van der Waals surface area contributed by atoms with Gasteiger partial charge in [0, 0.05) is 6.08 Å². The van der Waals surface area contributed by atoms with Crippen molar-refractivity contribution in [2.45, 2.75) is 13.8 Å². The van der Waals surface area contributed by atoms with E-state index in [1.807, 2.05) is 44.2 Å². The lowest BCUT2D eigenvalue weighted by atomic mass is 10.2. The van der Waals surface area contributed by atoms with Crippen molar-refractivity contribution in [2.24, 2.45) is 0 Å². The minimum Gasteiger partial charge on any atom is -0.493 e. The number of aromatic nitrogens is 1. The first kappa shape index (κ1) is 19.4. The van der Waals surface area contributed by atoms with Crippen LogP contribution in [0.5, 0.6) is 11.5 Å². The summed E-state index contributed by atoms with van der Waals surface area (Å²) in [6.07, 6.45) is 3.19. The van der Waals surface area contributed by atoms with Crippen LogP contribution in [0.3, 0.4) is 0 Å². The highest BCUT2D eigenvalue weighted by molar-refractivity contribution is 9.10. The standard InChI is InChI=1S/C20H19BrN2O3S/c1-4-26-19-14(21)10-13(11-15(19)25-3)8-9-17(24)22-20-23-18-12(2)6-5-7-16(18)27-20/h5-11H,4H2,1-3H3,(H,22,23,24)/b9-8+. The molecular formula is C20H19BrN2O3S. The molecule has 1 heterocycles. The highest BCUT2D eigenvalue weighted by Gasteiger charge is 2.11. The van der Waals surface area contributed by atoms with E-state index in [9.17, 15) is 4.79 Å². The van der Waals surface area contributed by atoms with Crippen LogP contribution in [0, 0.1) is 6.92 Å². The van der Waals surface area contributed by atoms with Crippen molar-refractivity contribution in [1.29, 1.82) is 0 Å². The Bertz CT molecular complexity index is 1010. The van der Waals surface area contributed by atoms with E-state index in [2.05, 4.69) is 26.2 Å². The van der Waals surface area contributed by atoms with E-state index in [0.29, 0.717) is 23.2 Å². The maximum Gasteiger partial charge on any atom is 0.250 e. The van der Waals surface area contributed by atoms with Crippen LogP contribution < -0.4 is 14.8 Å². The van der Waals surface area contributed by atoms with Gasteiger partial charge in [-0.25, -0.2) is 4.98 Å². The number of anilines is 1. The van der Waals surface area contributed by atoms with Gasteiger partial charge in [-0.05, 0) is 65.2 Å². The summed E-state index contributed by atoms with van der Waals surface area (Å²) in [7, 11) is 1.58. The summed E-state index contributed by atoms with van der Waals surface area (Å²) in [5.41, 5.74) is 2.82. The van der Waals surface area contributed by atoms with E-state index in [4.69, 9.17) is 9.47 Å². The van der Waals surface area contributed by atoms with Crippen molar-refractivity contribution in [1.82, 2.24) is 4.98 Å². The number of benzene rings is 2. The van der Waals surface area contributed by atoms with Gasteiger partial charge in [0.1, 0.15) is 0 Å². The van der Waals surface area contributed by atoms with Gasteiger partial charge in [0.25, 0.3) is 0 Å². The van der Waals surface area contributed by atoms with Crippen LogP contribution >= 0.6 is 27.3 Å². The Morgan fingerprint density at radius 2 is 2.19 bits per heavy atom. The Morgan fingerprint density at radius 3 is 2.89 bits per heavy atom. The molecule has 1 amide bonds. The molecule has 0 atom stereocenters. The van der Waals surface area contributed by atoms with Gasteiger partial charge >= 0.3 is 0 Å². The number of halogens is 1. The number of nitrogens with zero attached hydrogens (tertiary/aromatic N) is 1. The van der Waals surface area contributed by atoms with Gasteiger partial charge in [-0.2, -0.15) is 0 Å². The third kappa shape index (κ3) is 4.48. The average molecular weight is 447 g/mol. The van der Waals surface area contributed by atoms with E-state index in [1.54, 1.807) is 13.2 Å². The summed E-state index contributed by atoms with van der Waals surface area (Å²) in [5.74, 6) is 1.01. The van der Waals surface area contributed by atoms with Crippen molar-refractivity contribution < 1.29 is 14.3 Å². The minimum absolute atomic E-state index is 0.240. The molecule has 0 radical (unpaired) electrons. The van der Waals surface area contributed by atoms with Gasteiger partial charge < -0.3 is 9.47 Å². The summed E-state index contributed by atoms with van der Waals surface area (Å²) in [5, 5.41) is 3.40. The second-order valence-corrected chi connectivity index (χ2v) is 7.62. The molecule has 1 aromatic heterocycles. The first-order valence-electron chi connectivity index (χ1n) is 8.37. The molecule has 1 N–H and O–H groups in total. The molecule has 0 saturated carbocycles. The Kier molecular flexibility index (Phi) is 6.13. The third-order valence-corrected chi connectivity index (χ3v) is 5.34. The molecule has 3 rings (SSSR count). The molecule has 0 aliphatic carbocycles. The second-order valence-electron chi connectivity index (χ2n) is 5.73. The van der Waals surface area contributed by atoms with Gasteiger partial charge in [-0.3, -0.25) is 10.1 Å². The maximum absolute atomic E-state index is 12.3. The molecule has 0 bridgehead atoms. The third-order valence-electron chi connectivity index (χ3n) is 3.82. The maximum atomic E-state index is 12.3. The lowest BCUT2D eigenvalue weighted by Gasteiger charge is -2.12. The fourth-order valence-corrected chi connectivity index (χ4v) is 4.10. The molecule has 27 heavy (non-hydrogen) atoms. The van der Waals surface area contributed by atoms with E-state index in [0.717, 1.165) is 25.8 Å². The number of rotatable bonds is 6. The summed E-state index contributed by atoms with van der Waals surface area (Å²) < 4.78 is 12.8. The fraction of sp³-hybridized carbons (Fsp3) is 0.200. The van der Waals surface area contributed by atoms with Gasteiger partial charge in [0.15, 0.2) is 16.6 Å². The highest BCUT2D eigenvalue weighted by atomic mass is 79.9. The number of methoxy groups -OCH3 is 1. The fourth-order valence-electron chi connectivity index (χ4n) is 2.58. The number of fused-ring (bicyclic) bond motifs is 1. The van der Waals surface area contributed by atoms with Crippen LogP contribution in [0.2, 0.25) is 0 Å². The Morgan fingerprint density at radius 1 is 1.37 bits per heavy atom. The average Bonchev–Trinajstić information content (AvgIpc) is 3.05. The number of para-hydroxylation sites is 1. The van der Waals surface area contributed by atoms with Gasteiger partial charge in [0.2, 0.25) is 5.91 Å². The molecule has 0 aliphatic rings. The number of hydrogen-bond acceptors (Lipinski definition) is 5. The largest absolute Gasteiger partial charge is 0.493 e. The number of amides is 1. The zero-order valence-electron chi connectivity index (χ0n) is 15.2. The summed E-state index contributed by atoms with van der Waals surface area (Å²) in [4.78, 5) is 16.7. The van der Waals surface area contributed by atoms with Crippen molar-refractivity contribution >= 4 is 54.6 Å². The topological polar surface area (TPSA) is 60.5 Å². The van der Waals surface area contributed by atoms with E-state index < -0.39 is 0 Å². The number of nitrogens with one attached hydrogen (secondary N) is 1. The molecule has 0 unspecified atom stereocenters. The van der Waals surface area contributed by atoms with Crippen molar-refractivity contribution in [3.8, 4) is 11.5 Å². The summed E-state index contributed by atoms with van der Waals surface area (Å²) >= 11 is 4.94. The van der Waals surface area contributed by atoms with Gasteiger partial charge in [-0.15, -0.1) is 0 Å². The molecular weight excluding hydrogens is 428 g/mol. The second kappa shape index (κ2) is 8.54. The molecule has 0 spiro atoms. The van der Waals surface area contributed by atoms with Crippen LogP contribution in [0.4, 0.5) is 5.13 Å². The molecule has 0 saturated heterocycles. The highest BCUT2D eigenvalue weighted by Crippen LogP contribution is 2.37. The van der Waals surface area contributed by atoms with Crippen molar-refractivity contribution in [3.05, 3.63) is 52.0 Å². The lowest BCUT2D eigenvalue weighted by Crippen LogP contribution is -2.07. The Labute approximate surface area is 170 Å². The number of hydrogen-bond donors (Lipinski definition) is 1. The van der Waals surface area contributed by atoms with E-state index in [-0.39, 0.29) is 5.91 Å². The Balaban J connectivity index is 1.76. The smallest absolute Gasteiger partial charge is 0.250 e. The molecule has 140 valence electrons. The van der Waals surface area contributed by atoms with Crippen LogP contribution in [0.1, 0.15) is 18.1 Å². The minimum atomic E-state index is -0.240. The lowest BCUT2D eigenvalue weighted by molar-refractivity contribution is -0.111. The number of aryl methyl sites for hydroxylation is 1. The van der Waals surface area contributed by atoms with Gasteiger partial charge in [-0.1, -0.05) is 23.5 Å². The number of thiazole rings is 1. The van der Waals surface area contributed by atoms with E-state index in [1.165, 1.54) is 17.4 Å².